The summed E-state index contributed by atoms with van der Waals surface area (Å²) >= 11 is 0. The van der Waals surface area contributed by atoms with Crippen LogP contribution in [0.2, 0.25) is 0 Å². The van der Waals surface area contributed by atoms with Crippen molar-refractivity contribution in [2.75, 3.05) is 13.2 Å². The molecule has 0 spiro atoms. The largest absolute Gasteiger partial charge is 0.387 e. The third kappa shape index (κ3) is 3.49. The van der Waals surface area contributed by atoms with Gasteiger partial charge in [0.25, 0.3) is 0 Å². The molecule has 1 aromatic carbocycles. The van der Waals surface area contributed by atoms with Crippen LogP contribution in [0.4, 0.5) is 0 Å². The molecule has 4 aliphatic rings. The Hall–Kier alpha value is -1.18. The van der Waals surface area contributed by atoms with E-state index in [-0.39, 0.29) is 13.2 Å². The van der Waals surface area contributed by atoms with Crippen LogP contribution in [0.1, 0.15) is 11.9 Å². The van der Waals surface area contributed by atoms with Gasteiger partial charge < -0.3 is 48.8 Å². The molecule has 4 heterocycles. The minimum absolute atomic E-state index is 0.120. The fraction of sp³-hybridized carbons (Fsp3) is 0.684. The smallest absolute Gasteiger partial charge is 0.187 e. The number of benzene rings is 1. The van der Waals surface area contributed by atoms with Gasteiger partial charge >= 0.3 is 0 Å². The molecule has 0 radical (unpaired) electrons. The second-order valence-electron chi connectivity index (χ2n) is 7.66. The maximum absolute atomic E-state index is 10.6. The first kappa shape index (κ1) is 19.8. The van der Waals surface area contributed by atoms with Gasteiger partial charge in [0.2, 0.25) is 0 Å². The number of rotatable bonds is 3. The van der Waals surface area contributed by atoms with Crippen LogP contribution in [-0.4, -0.2) is 95.1 Å². The highest BCUT2D eigenvalue weighted by Gasteiger charge is 2.54. The highest BCUT2D eigenvalue weighted by atomic mass is 16.8. The van der Waals surface area contributed by atoms with E-state index in [9.17, 15) is 20.4 Å². The topological polar surface area (TPSA) is 136 Å². The van der Waals surface area contributed by atoms with E-state index in [1.54, 1.807) is 0 Å². The van der Waals surface area contributed by atoms with Gasteiger partial charge in [-0.05, 0) is 0 Å². The lowest BCUT2D eigenvalue weighted by atomic mass is 9.97. The third-order valence-corrected chi connectivity index (χ3v) is 5.76. The van der Waals surface area contributed by atoms with Crippen molar-refractivity contribution in [2.24, 2.45) is 0 Å². The fourth-order valence-corrected chi connectivity index (χ4v) is 4.16. The number of ether oxygens (including phenoxy) is 6. The highest BCUT2D eigenvalue weighted by Crippen LogP contribution is 2.36. The zero-order chi connectivity index (χ0) is 20.1. The average molecular weight is 412 g/mol. The van der Waals surface area contributed by atoms with Gasteiger partial charge in [0, 0.05) is 5.56 Å². The Bertz CT molecular complexity index is 701. The summed E-state index contributed by atoms with van der Waals surface area (Å²) < 4.78 is 33.8. The zero-order valence-electron chi connectivity index (χ0n) is 15.4. The normalized spacial score (nSPS) is 49.6. The van der Waals surface area contributed by atoms with Crippen LogP contribution in [0.3, 0.4) is 0 Å². The molecule has 2 bridgehead atoms. The monoisotopic (exact) mass is 412 g/mol. The van der Waals surface area contributed by atoms with Crippen molar-refractivity contribution in [1.29, 1.82) is 0 Å². The molecule has 4 aliphatic heterocycles. The van der Waals surface area contributed by atoms with Crippen LogP contribution in [0.5, 0.6) is 0 Å². The van der Waals surface area contributed by atoms with Gasteiger partial charge in [-0.3, -0.25) is 0 Å². The Morgan fingerprint density at radius 1 is 0.759 bits per heavy atom. The lowest BCUT2D eigenvalue weighted by molar-refractivity contribution is -0.376. The SMILES string of the molecule is O[C@@H]1[C@@H](O)[C@@H](OC2[C@H]3CO[C@H](O3)[C@H](O)[C@H]2O)O[C@H]2COC(c3ccccc3)O[C@@H]12. The molecule has 1 aromatic rings. The molecule has 0 aliphatic carbocycles. The van der Waals surface area contributed by atoms with Crippen molar-refractivity contribution in [3.05, 3.63) is 35.9 Å². The van der Waals surface area contributed by atoms with E-state index in [2.05, 4.69) is 0 Å². The fourth-order valence-electron chi connectivity index (χ4n) is 4.16. The summed E-state index contributed by atoms with van der Waals surface area (Å²) in [6.07, 6.45) is -11.3. The van der Waals surface area contributed by atoms with E-state index in [0.717, 1.165) is 5.56 Å². The van der Waals surface area contributed by atoms with Crippen molar-refractivity contribution in [3.63, 3.8) is 0 Å². The summed E-state index contributed by atoms with van der Waals surface area (Å²) in [5, 5.41) is 41.5. The van der Waals surface area contributed by atoms with E-state index < -0.39 is 67.7 Å². The maximum atomic E-state index is 10.6. The Kier molecular flexibility index (Phi) is 5.33. The van der Waals surface area contributed by atoms with E-state index in [1.165, 1.54) is 0 Å². The van der Waals surface area contributed by atoms with Gasteiger partial charge in [-0.2, -0.15) is 0 Å². The lowest BCUT2D eigenvalue weighted by Gasteiger charge is -2.47. The second-order valence-corrected chi connectivity index (χ2v) is 7.66. The summed E-state index contributed by atoms with van der Waals surface area (Å²) in [6, 6.07) is 9.26. The van der Waals surface area contributed by atoms with Crippen molar-refractivity contribution in [2.45, 2.75) is 67.7 Å². The van der Waals surface area contributed by atoms with E-state index in [1.807, 2.05) is 30.3 Å². The predicted molar refractivity (Wildman–Crippen MR) is 92.2 cm³/mol. The number of aliphatic hydroxyl groups is 4. The molecule has 4 saturated heterocycles. The van der Waals surface area contributed by atoms with E-state index in [4.69, 9.17) is 28.4 Å². The van der Waals surface area contributed by atoms with Gasteiger partial charge in [-0.1, -0.05) is 30.3 Å². The van der Waals surface area contributed by atoms with Crippen LogP contribution in [0.15, 0.2) is 30.3 Å². The number of hydrogen-bond donors (Lipinski definition) is 4. The van der Waals surface area contributed by atoms with Gasteiger partial charge in [0.05, 0.1) is 13.2 Å². The Labute approximate surface area is 166 Å². The molecule has 2 unspecified atom stereocenters. The van der Waals surface area contributed by atoms with Crippen LogP contribution < -0.4 is 0 Å². The van der Waals surface area contributed by atoms with Crippen molar-refractivity contribution in [3.8, 4) is 0 Å². The minimum Gasteiger partial charge on any atom is -0.387 e. The second kappa shape index (κ2) is 7.82. The van der Waals surface area contributed by atoms with Gasteiger partial charge in [0.15, 0.2) is 18.9 Å². The van der Waals surface area contributed by atoms with Gasteiger partial charge in [0.1, 0.15) is 48.8 Å². The Morgan fingerprint density at radius 3 is 2.31 bits per heavy atom. The third-order valence-electron chi connectivity index (χ3n) is 5.76. The quantitative estimate of drug-likeness (QED) is 0.460. The molecule has 10 nitrogen and oxygen atoms in total. The highest BCUT2D eigenvalue weighted by molar-refractivity contribution is 5.16. The Morgan fingerprint density at radius 2 is 1.52 bits per heavy atom. The first-order valence-electron chi connectivity index (χ1n) is 9.65. The first-order valence-corrected chi connectivity index (χ1v) is 9.65. The minimum atomic E-state index is -1.44. The van der Waals surface area contributed by atoms with Crippen molar-refractivity contribution < 1.29 is 48.8 Å². The molecular weight excluding hydrogens is 388 g/mol. The van der Waals surface area contributed by atoms with Crippen LogP contribution in [0.25, 0.3) is 0 Å². The molecule has 0 amide bonds. The molecule has 11 atom stereocenters. The lowest BCUT2D eigenvalue weighted by Crippen LogP contribution is -2.64. The van der Waals surface area contributed by atoms with Crippen LogP contribution in [-0.2, 0) is 28.4 Å². The first-order chi connectivity index (χ1) is 14.0. The molecule has 160 valence electrons. The van der Waals surface area contributed by atoms with Crippen molar-refractivity contribution >= 4 is 0 Å². The summed E-state index contributed by atoms with van der Waals surface area (Å²) in [4.78, 5) is 0. The average Bonchev–Trinajstić information content (AvgIpc) is 3.20. The Balaban J connectivity index is 1.27. The molecule has 5 rings (SSSR count). The number of hydrogen-bond acceptors (Lipinski definition) is 10. The standard InChI is InChI=1S/C19H24O10/c20-11-13(22)18-25-7-9(26-18)16(11)29-19-14(23)12(21)15-10(27-19)6-24-17(28-15)8-4-2-1-3-5-8/h1-5,9-23H,6-7H2/t9-,10+,11-,12-,13-,14-,15-,16?,17?,18-,19-/m1/s1. The molecule has 4 N–H and O–H groups in total. The molecule has 0 saturated carbocycles. The van der Waals surface area contributed by atoms with Crippen LogP contribution >= 0.6 is 0 Å². The van der Waals surface area contributed by atoms with E-state index in [0.29, 0.717) is 0 Å². The summed E-state index contributed by atoms with van der Waals surface area (Å²) in [7, 11) is 0. The number of aliphatic hydroxyl groups excluding tert-OH is 4. The van der Waals surface area contributed by atoms with Crippen LogP contribution in [0, 0.1) is 0 Å². The summed E-state index contributed by atoms with van der Waals surface area (Å²) in [6.45, 7) is 0.251. The molecular formula is C19H24O10. The van der Waals surface area contributed by atoms with Gasteiger partial charge in [-0.15, -0.1) is 0 Å². The number of fused-ring (bicyclic) bond motifs is 3. The summed E-state index contributed by atoms with van der Waals surface area (Å²) in [5.74, 6) is 0. The summed E-state index contributed by atoms with van der Waals surface area (Å²) in [5.41, 5.74) is 0.790. The van der Waals surface area contributed by atoms with E-state index >= 15 is 0 Å². The van der Waals surface area contributed by atoms with Gasteiger partial charge in [-0.25, -0.2) is 0 Å². The van der Waals surface area contributed by atoms with Crippen molar-refractivity contribution in [1.82, 2.24) is 0 Å². The molecule has 0 aromatic heterocycles. The molecule has 10 heteroatoms. The zero-order valence-corrected chi connectivity index (χ0v) is 15.4. The molecule has 29 heavy (non-hydrogen) atoms. The molecule has 4 fully saturated rings. The maximum Gasteiger partial charge on any atom is 0.187 e. The predicted octanol–water partition coefficient (Wildman–Crippen LogP) is -1.59.